The Morgan fingerprint density at radius 1 is 1.47 bits per heavy atom. The fraction of sp³-hybridized carbons (Fsp3) is 0.538. The maximum absolute atomic E-state index is 6.33. The van der Waals surface area contributed by atoms with Crippen molar-refractivity contribution in [3.63, 3.8) is 0 Å². The molecule has 1 atom stereocenters. The SMILES string of the molecule is CCNC(Cc1c(Cl)c(C)nn1C)c1cnc(C)s1. The highest BCUT2D eigenvalue weighted by Crippen LogP contribution is 2.28. The zero-order valence-corrected chi connectivity index (χ0v) is 13.3. The molecule has 1 N–H and O–H groups in total. The van der Waals surface area contributed by atoms with E-state index in [0.717, 1.165) is 34.4 Å². The van der Waals surface area contributed by atoms with Crippen molar-refractivity contribution in [1.29, 1.82) is 0 Å². The molecule has 2 rings (SSSR count). The first-order chi connectivity index (χ1) is 9.02. The molecule has 104 valence electrons. The third-order valence-electron chi connectivity index (χ3n) is 3.09. The summed E-state index contributed by atoms with van der Waals surface area (Å²) in [7, 11) is 1.94. The Kier molecular flexibility index (Phi) is 4.60. The maximum atomic E-state index is 6.33. The van der Waals surface area contributed by atoms with Gasteiger partial charge >= 0.3 is 0 Å². The van der Waals surface area contributed by atoms with Gasteiger partial charge in [0.05, 0.1) is 21.4 Å². The number of aryl methyl sites for hydroxylation is 3. The fourth-order valence-corrected chi connectivity index (χ4v) is 3.25. The Morgan fingerprint density at radius 2 is 2.21 bits per heavy atom. The monoisotopic (exact) mass is 298 g/mol. The molecule has 2 heterocycles. The van der Waals surface area contributed by atoms with Crippen LogP contribution in [0.25, 0.3) is 0 Å². The van der Waals surface area contributed by atoms with E-state index in [-0.39, 0.29) is 6.04 Å². The number of likely N-dealkylation sites (N-methyl/N-ethyl adjacent to an activating group) is 1. The maximum Gasteiger partial charge on any atom is 0.0897 e. The molecule has 1 unspecified atom stereocenters. The van der Waals surface area contributed by atoms with Gasteiger partial charge in [-0.25, -0.2) is 4.98 Å². The summed E-state index contributed by atoms with van der Waals surface area (Å²) in [5, 5.41) is 9.72. The molecule has 0 saturated heterocycles. The molecule has 0 aliphatic heterocycles. The van der Waals surface area contributed by atoms with Crippen LogP contribution in [0.3, 0.4) is 0 Å². The average Bonchev–Trinajstić information content (AvgIpc) is 2.88. The number of rotatable bonds is 5. The van der Waals surface area contributed by atoms with Crippen molar-refractivity contribution >= 4 is 22.9 Å². The van der Waals surface area contributed by atoms with Crippen molar-refractivity contribution in [2.75, 3.05) is 6.54 Å². The van der Waals surface area contributed by atoms with Gasteiger partial charge < -0.3 is 5.32 Å². The third kappa shape index (κ3) is 3.16. The summed E-state index contributed by atoms with van der Waals surface area (Å²) in [4.78, 5) is 5.58. The zero-order valence-electron chi connectivity index (χ0n) is 11.7. The quantitative estimate of drug-likeness (QED) is 0.922. The fourth-order valence-electron chi connectivity index (χ4n) is 2.15. The minimum absolute atomic E-state index is 0.239. The molecule has 6 heteroatoms. The van der Waals surface area contributed by atoms with Gasteiger partial charge in [-0.3, -0.25) is 4.68 Å². The van der Waals surface area contributed by atoms with Gasteiger partial charge in [0.15, 0.2) is 0 Å². The van der Waals surface area contributed by atoms with E-state index in [0.29, 0.717) is 0 Å². The molecule has 4 nitrogen and oxygen atoms in total. The molecule has 0 aliphatic rings. The summed E-state index contributed by atoms with van der Waals surface area (Å²) in [5.74, 6) is 0. The van der Waals surface area contributed by atoms with Crippen LogP contribution >= 0.6 is 22.9 Å². The molecule has 0 aliphatic carbocycles. The van der Waals surface area contributed by atoms with Gasteiger partial charge in [0.1, 0.15) is 0 Å². The molecule has 2 aromatic rings. The van der Waals surface area contributed by atoms with Crippen LogP contribution in [0.2, 0.25) is 5.02 Å². The van der Waals surface area contributed by atoms with E-state index in [2.05, 4.69) is 22.3 Å². The van der Waals surface area contributed by atoms with Crippen molar-refractivity contribution < 1.29 is 0 Å². The molecule has 0 aromatic carbocycles. The molecule has 0 bridgehead atoms. The number of hydrogen-bond donors (Lipinski definition) is 1. The van der Waals surface area contributed by atoms with E-state index >= 15 is 0 Å². The van der Waals surface area contributed by atoms with E-state index < -0.39 is 0 Å². The number of nitrogens with one attached hydrogen (secondary N) is 1. The zero-order chi connectivity index (χ0) is 14.0. The minimum atomic E-state index is 0.239. The van der Waals surface area contributed by atoms with Gasteiger partial charge in [-0.2, -0.15) is 5.10 Å². The average molecular weight is 299 g/mol. The normalized spacial score (nSPS) is 12.9. The van der Waals surface area contributed by atoms with Crippen LogP contribution in [0.1, 0.15) is 34.2 Å². The van der Waals surface area contributed by atoms with Crippen molar-refractivity contribution in [3.05, 3.63) is 32.5 Å². The van der Waals surface area contributed by atoms with Crippen LogP contribution in [0, 0.1) is 13.8 Å². The highest BCUT2D eigenvalue weighted by atomic mass is 35.5. The van der Waals surface area contributed by atoms with Crippen LogP contribution in [0.5, 0.6) is 0 Å². The van der Waals surface area contributed by atoms with Gasteiger partial charge in [0.2, 0.25) is 0 Å². The number of aromatic nitrogens is 3. The molecule has 2 aromatic heterocycles. The highest BCUT2D eigenvalue weighted by Gasteiger charge is 2.19. The van der Waals surface area contributed by atoms with E-state index in [1.807, 2.05) is 31.8 Å². The second kappa shape index (κ2) is 6.03. The molecular weight excluding hydrogens is 280 g/mol. The Labute approximate surface area is 122 Å². The van der Waals surface area contributed by atoms with Gasteiger partial charge in [0, 0.05) is 30.6 Å². The lowest BCUT2D eigenvalue weighted by atomic mass is 10.1. The smallest absolute Gasteiger partial charge is 0.0897 e. The van der Waals surface area contributed by atoms with Crippen LogP contribution in [0.15, 0.2) is 6.20 Å². The first-order valence-corrected chi connectivity index (χ1v) is 7.56. The number of hydrogen-bond acceptors (Lipinski definition) is 4. The van der Waals surface area contributed by atoms with Crippen LogP contribution < -0.4 is 5.32 Å². The van der Waals surface area contributed by atoms with E-state index in [9.17, 15) is 0 Å². The molecule has 0 radical (unpaired) electrons. The van der Waals surface area contributed by atoms with Gasteiger partial charge in [-0.15, -0.1) is 11.3 Å². The largest absolute Gasteiger partial charge is 0.309 e. The lowest BCUT2D eigenvalue weighted by molar-refractivity contribution is 0.535. The number of halogens is 1. The Morgan fingerprint density at radius 3 is 2.68 bits per heavy atom. The lowest BCUT2D eigenvalue weighted by Gasteiger charge is -2.16. The standard InChI is InChI=1S/C13H19ClN4S/c1-5-15-10(12-7-16-9(3)19-12)6-11-13(14)8(2)17-18(11)4/h7,10,15H,5-6H2,1-4H3. The third-order valence-corrected chi connectivity index (χ3v) is 4.61. The summed E-state index contributed by atoms with van der Waals surface area (Å²) in [6.07, 6.45) is 2.77. The Bertz CT molecular complexity index is 561. The summed E-state index contributed by atoms with van der Waals surface area (Å²) < 4.78 is 1.87. The topological polar surface area (TPSA) is 42.7 Å². The Hall–Kier alpha value is -0.910. The molecule has 19 heavy (non-hydrogen) atoms. The predicted molar refractivity (Wildman–Crippen MR) is 79.9 cm³/mol. The molecule has 0 saturated carbocycles. The van der Waals surface area contributed by atoms with Crippen LogP contribution in [-0.4, -0.2) is 21.3 Å². The second-order valence-electron chi connectivity index (χ2n) is 4.57. The highest BCUT2D eigenvalue weighted by molar-refractivity contribution is 7.11. The molecule has 0 spiro atoms. The summed E-state index contributed by atoms with van der Waals surface area (Å²) in [5.41, 5.74) is 1.95. The molecular formula is C13H19ClN4S. The first kappa shape index (κ1) is 14.5. The van der Waals surface area contributed by atoms with Gasteiger partial charge in [-0.1, -0.05) is 18.5 Å². The lowest BCUT2D eigenvalue weighted by Crippen LogP contribution is -2.23. The second-order valence-corrected chi connectivity index (χ2v) is 6.21. The summed E-state index contributed by atoms with van der Waals surface area (Å²) in [6.45, 7) is 6.98. The van der Waals surface area contributed by atoms with Crippen LogP contribution in [0.4, 0.5) is 0 Å². The van der Waals surface area contributed by atoms with E-state index in [1.54, 1.807) is 11.3 Å². The van der Waals surface area contributed by atoms with Crippen molar-refractivity contribution in [2.24, 2.45) is 7.05 Å². The number of nitrogens with zero attached hydrogens (tertiary/aromatic N) is 3. The number of thiazole rings is 1. The van der Waals surface area contributed by atoms with E-state index in [1.165, 1.54) is 4.88 Å². The van der Waals surface area contributed by atoms with E-state index in [4.69, 9.17) is 11.6 Å². The summed E-state index contributed by atoms with van der Waals surface area (Å²) >= 11 is 8.05. The first-order valence-electron chi connectivity index (χ1n) is 6.36. The van der Waals surface area contributed by atoms with Gasteiger partial charge in [-0.05, 0) is 20.4 Å². The predicted octanol–water partition coefficient (Wildman–Crippen LogP) is 3.04. The van der Waals surface area contributed by atoms with Crippen molar-refractivity contribution in [2.45, 2.75) is 33.2 Å². The minimum Gasteiger partial charge on any atom is -0.309 e. The summed E-state index contributed by atoms with van der Waals surface area (Å²) in [6, 6.07) is 0.239. The molecule has 0 fully saturated rings. The van der Waals surface area contributed by atoms with Gasteiger partial charge in [0.25, 0.3) is 0 Å². The van der Waals surface area contributed by atoms with Crippen LogP contribution in [-0.2, 0) is 13.5 Å². The Balaban J connectivity index is 2.26. The van der Waals surface area contributed by atoms with Crippen molar-refractivity contribution in [1.82, 2.24) is 20.1 Å². The van der Waals surface area contributed by atoms with Crippen molar-refractivity contribution in [3.8, 4) is 0 Å². The molecule has 0 amide bonds.